The molecule has 0 aliphatic rings. The Labute approximate surface area is 122 Å². The van der Waals surface area contributed by atoms with Gasteiger partial charge in [0.15, 0.2) is 5.78 Å². The van der Waals surface area contributed by atoms with Gasteiger partial charge in [-0.2, -0.15) is 0 Å². The predicted octanol–water partition coefficient (Wildman–Crippen LogP) is -2.65. The SMILES string of the molecule is CC(=O)c1cccc(C(=O)[O-])c1C(C)CO.[Na+]. The predicted molar refractivity (Wildman–Crippen MR) is 56.3 cm³/mol. The zero-order valence-electron chi connectivity index (χ0n) is 10.2. The summed E-state index contributed by atoms with van der Waals surface area (Å²) in [5, 5.41) is 20.0. The molecule has 1 rings (SSSR count). The fourth-order valence-corrected chi connectivity index (χ4v) is 1.67. The van der Waals surface area contributed by atoms with Crippen LogP contribution >= 0.6 is 0 Å². The molecule has 17 heavy (non-hydrogen) atoms. The van der Waals surface area contributed by atoms with E-state index in [0.717, 1.165) is 0 Å². The molecule has 0 aliphatic heterocycles. The van der Waals surface area contributed by atoms with E-state index in [9.17, 15) is 14.7 Å². The van der Waals surface area contributed by atoms with Crippen LogP contribution in [-0.4, -0.2) is 23.5 Å². The summed E-state index contributed by atoms with van der Waals surface area (Å²) in [7, 11) is 0. The summed E-state index contributed by atoms with van der Waals surface area (Å²) in [5.74, 6) is -1.97. The number of rotatable bonds is 4. The fourth-order valence-electron chi connectivity index (χ4n) is 1.67. The van der Waals surface area contributed by atoms with Gasteiger partial charge in [-0.3, -0.25) is 4.79 Å². The molecule has 0 radical (unpaired) electrons. The molecule has 1 aromatic rings. The van der Waals surface area contributed by atoms with Gasteiger partial charge in [0.25, 0.3) is 0 Å². The number of hydrogen-bond acceptors (Lipinski definition) is 4. The molecule has 0 amide bonds. The molecule has 0 aliphatic carbocycles. The van der Waals surface area contributed by atoms with Crippen LogP contribution in [0.1, 0.15) is 46.0 Å². The van der Waals surface area contributed by atoms with Crippen molar-refractivity contribution in [3.63, 3.8) is 0 Å². The van der Waals surface area contributed by atoms with Gasteiger partial charge in [0, 0.05) is 23.7 Å². The number of aliphatic hydroxyl groups is 1. The molecule has 1 aromatic carbocycles. The van der Waals surface area contributed by atoms with E-state index >= 15 is 0 Å². The minimum absolute atomic E-state index is 0. The Morgan fingerprint density at radius 1 is 1.35 bits per heavy atom. The summed E-state index contributed by atoms with van der Waals surface area (Å²) in [6.45, 7) is 2.81. The summed E-state index contributed by atoms with van der Waals surface area (Å²) in [5.41, 5.74) is 0.634. The number of aliphatic hydroxyl groups excluding tert-OH is 1. The number of carbonyl (C=O) groups is 2. The van der Waals surface area contributed by atoms with Crippen molar-refractivity contribution in [1.82, 2.24) is 0 Å². The van der Waals surface area contributed by atoms with Gasteiger partial charge in [0.05, 0.1) is 5.97 Å². The van der Waals surface area contributed by atoms with Gasteiger partial charge >= 0.3 is 29.6 Å². The van der Waals surface area contributed by atoms with Gasteiger partial charge in [0.1, 0.15) is 0 Å². The van der Waals surface area contributed by atoms with Crippen molar-refractivity contribution in [2.75, 3.05) is 6.61 Å². The molecule has 0 fully saturated rings. The smallest absolute Gasteiger partial charge is 0.545 e. The molecular formula is C12H13NaO4. The number of carboxylic acids is 1. The molecule has 1 N–H and O–H groups in total. The van der Waals surface area contributed by atoms with Crippen molar-refractivity contribution in [2.24, 2.45) is 0 Å². The second kappa shape index (κ2) is 6.91. The average Bonchev–Trinajstić information content (AvgIpc) is 2.26. The van der Waals surface area contributed by atoms with Crippen molar-refractivity contribution >= 4 is 11.8 Å². The first-order valence-corrected chi connectivity index (χ1v) is 4.95. The third-order valence-electron chi connectivity index (χ3n) is 2.47. The van der Waals surface area contributed by atoms with Crippen LogP contribution in [0.5, 0.6) is 0 Å². The van der Waals surface area contributed by atoms with Gasteiger partial charge in [0.2, 0.25) is 0 Å². The first-order valence-electron chi connectivity index (χ1n) is 4.95. The Morgan fingerprint density at radius 2 is 1.88 bits per heavy atom. The first kappa shape index (κ1) is 16.3. The van der Waals surface area contributed by atoms with E-state index in [-0.39, 0.29) is 47.5 Å². The quantitative estimate of drug-likeness (QED) is 0.463. The van der Waals surface area contributed by atoms with Gasteiger partial charge in [-0.1, -0.05) is 25.1 Å². The maximum absolute atomic E-state index is 11.4. The normalized spacial score (nSPS) is 11.5. The number of benzene rings is 1. The monoisotopic (exact) mass is 244 g/mol. The zero-order chi connectivity index (χ0) is 12.3. The Hall–Kier alpha value is -0.680. The Morgan fingerprint density at radius 3 is 2.29 bits per heavy atom. The molecule has 1 atom stereocenters. The second-order valence-electron chi connectivity index (χ2n) is 3.69. The number of carboxylic acid groups (broad SMARTS) is 1. The molecule has 5 heteroatoms. The minimum Gasteiger partial charge on any atom is -0.545 e. The molecule has 0 saturated heterocycles. The molecule has 0 spiro atoms. The number of hydrogen-bond donors (Lipinski definition) is 1. The number of carbonyl (C=O) groups excluding carboxylic acids is 2. The number of Topliss-reactive ketones (excluding diaryl/α,β-unsaturated/α-hetero) is 1. The molecule has 0 aromatic heterocycles. The van der Waals surface area contributed by atoms with E-state index in [0.29, 0.717) is 11.1 Å². The number of aromatic carboxylic acids is 1. The van der Waals surface area contributed by atoms with Crippen LogP contribution in [0.15, 0.2) is 18.2 Å². The molecule has 0 bridgehead atoms. The maximum Gasteiger partial charge on any atom is 1.00 e. The number of ketones is 1. The van der Waals surface area contributed by atoms with E-state index in [4.69, 9.17) is 5.11 Å². The van der Waals surface area contributed by atoms with Crippen LogP contribution in [-0.2, 0) is 0 Å². The largest absolute Gasteiger partial charge is 1.00 e. The fraction of sp³-hybridized carbons (Fsp3) is 0.333. The van der Waals surface area contributed by atoms with Crippen molar-refractivity contribution in [1.29, 1.82) is 0 Å². The van der Waals surface area contributed by atoms with Crippen LogP contribution in [0.2, 0.25) is 0 Å². The van der Waals surface area contributed by atoms with Crippen LogP contribution in [0.4, 0.5) is 0 Å². The summed E-state index contributed by atoms with van der Waals surface area (Å²) < 4.78 is 0. The second-order valence-corrected chi connectivity index (χ2v) is 3.69. The van der Waals surface area contributed by atoms with E-state index in [1.807, 2.05) is 0 Å². The van der Waals surface area contributed by atoms with Crippen LogP contribution < -0.4 is 34.7 Å². The van der Waals surface area contributed by atoms with E-state index < -0.39 is 11.9 Å². The third-order valence-corrected chi connectivity index (χ3v) is 2.47. The average molecular weight is 244 g/mol. The Balaban J connectivity index is 0.00000256. The van der Waals surface area contributed by atoms with E-state index in [1.165, 1.54) is 19.1 Å². The summed E-state index contributed by atoms with van der Waals surface area (Å²) in [6, 6.07) is 4.43. The van der Waals surface area contributed by atoms with E-state index in [2.05, 4.69) is 0 Å². The summed E-state index contributed by atoms with van der Waals surface area (Å²) in [6.07, 6.45) is 0. The van der Waals surface area contributed by atoms with Gasteiger partial charge in [-0.05, 0) is 12.5 Å². The first-order chi connectivity index (χ1) is 7.49. The topological polar surface area (TPSA) is 77.4 Å². The molecule has 86 valence electrons. The standard InChI is InChI=1S/C12H14O4.Na/c1-7(6-13)11-9(8(2)14)4-3-5-10(11)12(15)16;/h3-5,7,13H,6H2,1-2H3,(H,15,16);/q;+1/p-1. The molecule has 1 unspecified atom stereocenters. The van der Waals surface area contributed by atoms with Crippen molar-refractivity contribution in [3.05, 3.63) is 34.9 Å². The van der Waals surface area contributed by atoms with E-state index in [1.54, 1.807) is 13.0 Å². The maximum atomic E-state index is 11.4. The van der Waals surface area contributed by atoms with Gasteiger partial charge < -0.3 is 15.0 Å². The van der Waals surface area contributed by atoms with Gasteiger partial charge in [-0.25, -0.2) is 0 Å². The van der Waals surface area contributed by atoms with Crippen LogP contribution in [0.25, 0.3) is 0 Å². The minimum atomic E-state index is -1.33. The Bertz CT molecular complexity index is 396. The summed E-state index contributed by atoms with van der Waals surface area (Å²) in [4.78, 5) is 22.3. The zero-order valence-corrected chi connectivity index (χ0v) is 12.2. The Kier molecular flexibility index (Phi) is 6.64. The third kappa shape index (κ3) is 3.64. The van der Waals surface area contributed by atoms with Crippen molar-refractivity contribution in [3.8, 4) is 0 Å². The molecule has 0 heterocycles. The van der Waals surface area contributed by atoms with Crippen molar-refractivity contribution in [2.45, 2.75) is 19.8 Å². The van der Waals surface area contributed by atoms with Crippen molar-refractivity contribution < 1.29 is 49.4 Å². The van der Waals surface area contributed by atoms with Crippen LogP contribution in [0.3, 0.4) is 0 Å². The summed E-state index contributed by atoms with van der Waals surface area (Å²) >= 11 is 0. The molecule has 0 saturated carbocycles. The van der Waals surface area contributed by atoms with Gasteiger partial charge in [-0.15, -0.1) is 0 Å². The van der Waals surface area contributed by atoms with Crippen LogP contribution in [0, 0.1) is 0 Å². The molecule has 4 nitrogen and oxygen atoms in total. The molecular weight excluding hydrogens is 231 g/mol.